The SMILES string of the molecule is Cl.NCC1CCN(C(=O)C(Oc2ccc(Br)cc2)c2ccccc2)C1. The summed E-state index contributed by atoms with van der Waals surface area (Å²) in [5.41, 5.74) is 6.61. The summed E-state index contributed by atoms with van der Waals surface area (Å²) >= 11 is 3.41. The number of nitrogens with zero attached hydrogens (tertiary/aromatic N) is 1. The number of benzene rings is 2. The summed E-state index contributed by atoms with van der Waals surface area (Å²) in [6, 6.07) is 17.2. The van der Waals surface area contributed by atoms with Crippen molar-refractivity contribution >= 4 is 34.2 Å². The number of carbonyl (C=O) groups excluding carboxylic acids is 1. The molecule has 1 fully saturated rings. The maximum atomic E-state index is 13.0. The lowest BCUT2D eigenvalue weighted by molar-refractivity contribution is -0.138. The number of rotatable bonds is 5. The van der Waals surface area contributed by atoms with E-state index in [-0.39, 0.29) is 18.3 Å². The van der Waals surface area contributed by atoms with E-state index < -0.39 is 6.10 Å². The Hall–Kier alpha value is -1.56. The molecule has 2 N–H and O–H groups in total. The zero-order valence-corrected chi connectivity index (χ0v) is 16.2. The second kappa shape index (κ2) is 9.22. The number of amides is 1. The fraction of sp³-hybridized carbons (Fsp3) is 0.316. The third kappa shape index (κ3) is 4.97. The molecule has 1 heterocycles. The molecule has 2 aromatic rings. The summed E-state index contributed by atoms with van der Waals surface area (Å²) in [7, 11) is 0. The third-order valence-electron chi connectivity index (χ3n) is 4.33. The van der Waals surface area contributed by atoms with Crippen molar-refractivity contribution in [2.75, 3.05) is 19.6 Å². The van der Waals surface area contributed by atoms with Gasteiger partial charge in [0.25, 0.3) is 5.91 Å². The number of hydrogen-bond donors (Lipinski definition) is 1. The van der Waals surface area contributed by atoms with E-state index in [2.05, 4.69) is 15.9 Å². The summed E-state index contributed by atoms with van der Waals surface area (Å²) < 4.78 is 7.03. The molecule has 134 valence electrons. The molecular weight excluding hydrogens is 404 g/mol. The van der Waals surface area contributed by atoms with Crippen LogP contribution in [-0.4, -0.2) is 30.4 Å². The lowest BCUT2D eigenvalue weighted by Crippen LogP contribution is -2.36. The van der Waals surface area contributed by atoms with Crippen LogP contribution in [0.4, 0.5) is 0 Å². The molecule has 2 atom stereocenters. The maximum Gasteiger partial charge on any atom is 0.268 e. The molecule has 0 aliphatic carbocycles. The van der Waals surface area contributed by atoms with Gasteiger partial charge in [0, 0.05) is 23.1 Å². The van der Waals surface area contributed by atoms with Gasteiger partial charge >= 0.3 is 0 Å². The highest BCUT2D eigenvalue weighted by molar-refractivity contribution is 9.10. The predicted octanol–water partition coefficient (Wildman–Crippen LogP) is 3.80. The van der Waals surface area contributed by atoms with Crippen LogP contribution in [0.3, 0.4) is 0 Å². The van der Waals surface area contributed by atoms with Crippen LogP contribution in [0.15, 0.2) is 59.1 Å². The smallest absolute Gasteiger partial charge is 0.268 e. The molecule has 6 heteroatoms. The maximum absolute atomic E-state index is 13.0. The molecule has 1 amide bonds. The third-order valence-corrected chi connectivity index (χ3v) is 4.85. The number of halogens is 2. The molecule has 0 bridgehead atoms. The fourth-order valence-corrected chi connectivity index (χ4v) is 3.19. The molecule has 0 saturated carbocycles. The van der Waals surface area contributed by atoms with Crippen molar-refractivity contribution in [1.29, 1.82) is 0 Å². The van der Waals surface area contributed by atoms with Gasteiger partial charge in [0.05, 0.1) is 0 Å². The van der Waals surface area contributed by atoms with Crippen molar-refractivity contribution in [3.8, 4) is 5.75 Å². The highest BCUT2D eigenvalue weighted by atomic mass is 79.9. The molecule has 4 nitrogen and oxygen atoms in total. The Labute approximate surface area is 162 Å². The van der Waals surface area contributed by atoms with Gasteiger partial charge in [0.2, 0.25) is 6.10 Å². The number of nitrogens with two attached hydrogens (primary N) is 1. The quantitative estimate of drug-likeness (QED) is 0.793. The van der Waals surface area contributed by atoms with Gasteiger partial charge in [-0.15, -0.1) is 12.4 Å². The molecule has 0 radical (unpaired) electrons. The summed E-state index contributed by atoms with van der Waals surface area (Å²) in [6.45, 7) is 2.07. The molecule has 0 aromatic heterocycles. The van der Waals surface area contributed by atoms with Crippen molar-refractivity contribution in [3.05, 3.63) is 64.6 Å². The second-order valence-electron chi connectivity index (χ2n) is 6.04. The van der Waals surface area contributed by atoms with E-state index in [1.807, 2.05) is 59.5 Å². The molecule has 3 rings (SSSR count). The zero-order chi connectivity index (χ0) is 16.9. The standard InChI is InChI=1S/C19H21BrN2O2.ClH/c20-16-6-8-17(9-7-16)24-18(15-4-2-1-3-5-15)19(23)22-11-10-14(12-21)13-22;/h1-9,14,18H,10-13,21H2;1H. The summed E-state index contributed by atoms with van der Waals surface area (Å²) in [6.07, 6.45) is 0.325. The van der Waals surface area contributed by atoms with E-state index in [4.69, 9.17) is 10.5 Å². The van der Waals surface area contributed by atoms with E-state index >= 15 is 0 Å². The van der Waals surface area contributed by atoms with E-state index in [0.29, 0.717) is 24.8 Å². The van der Waals surface area contributed by atoms with Crippen LogP contribution < -0.4 is 10.5 Å². The van der Waals surface area contributed by atoms with Gasteiger partial charge in [-0.05, 0) is 43.1 Å². The minimum absolute atomic E-state index is 0. The first-order chi connectivity index (χ1) is 11.7. The molecule has 2 aromatic carbocycles. The zero-order valence-electron chi connectivity index (χ0n) is 13.8. The number of carbonyl (C=O) groups is 1. The Balaban J connectivity index is 0.00000225. The first-order valence-electron chi connectivity index (χ1n) is 8.13. The number of hydrogen-bond acceptors (Lipinski definition) is 3. The predicted molar refractivity (Wildman–Crippen MR) is 105 cm³/mol. The number of likely N-dealkylation sites (tertiary alicyclic amines) is 1. The Morgan fingerprint density at radius 2 is 1.88 bits per heavy atom. The van der Waals surface area contributed by atoms with Crippen LogP contribution in [0, 0.1) is 5.92 Å². The molecule has 1 aliphatic heterocycles. The fourth-order valence-electron chi connectivity index (χ4n) is 2.93. The van der Waals surface area contributed by atoms with Crippen LogP contribution >= 0.6 is 28.3 Å². The van der Waals surface area contributed by atoms with Crippen molar-refractivity contribution in [3.63, 3.8) is 0 Å². The molecule has 0 spiro atoms. The largest absolute Gasteiger partial charge is 0.476 e. The summed E-state index contributed by atoms with van der Waals surface area (Å²) in [5, 5.41) is 0. The first kappa shape index (κ1) is 19.8. The van der Waals surface area contributed by atoms with E-state index in [1.165, 1.54) is 0 Å². The Bertz CT molecular complexity index is 682. The highest BCUT2D eigenvalue weighted by Gasteiger charge is 2.32. The molecule has 2 unspecified atom stereocenters. The highest BCUT2D eigenvalue weighted by Crippen LogP contribution is 2.27. The average Bonchev–Trinajstić information content (AvgIpc) is 3.11. The van der Waals surface area contributed by atoms with Gasteiger partial charge in [0.1, 0.15) is 5.75 Å². The van der Waals surface area contributed by atoms with Crippen molar-refractivity contribution in [2.24, 2.45) is 11.7 Å². The number of ether oxygens (including phenoxy) is 1. The van der Waals surface area contributed by atoms with Crippen LogP contribution in [0.1, 0.15) is 18.1 Å². The lowest BCUT2D eigenvalue weighted by Gasteiger charge is -2.25. The Kier molecular flexibility index (Phi) is 7.29. The first-order valence-corrected chi connectivity index (χ1v) is 8.92. The average molecular weight is 426 g/mol. The van der Waals surface area contributed by atoms with Gasteiger partial charge in [-0.2, -0.15) is 0 Å². The summed E-state index contributed by atoms with van der Waals surface area (Å²) in [5.74, 6) is 1.06. The summed E-state index contributed by atoms with van der Waals surface area (Å²) in [4.78, 5) is 14.9. The van der Waals surface area contributed by atoms with Crippen molar-refractivity contribution in [2.45, 2.75) is 12.5 Å². The molecular formula is C19H22BrClN2O2. The minimum Gasteiger partial charge on any atom is -0.476 e. The Morgan fingerprint density at radius 3 is 2.48 bits per heavy atom. The van der Waals surface area contributed by atoms with Gasteiger partial charge < -0.3 is 15.4 Å². The minimum atomic E-state index is -0.635. The Morgan fingerprint density at radius 1 is 1.20 bits per heavy atom. The molecule has 25 heavy (non-hydrogen) atoms. The van der Waals surface area contributed by atoms with Crippen LogP contribution in [0.25, 0.3) is 0 Å². The van der Waals surface area contributed by atoms with Crippen molar-refractivity contribution in [1.82, 2.24) is 4.90 Å². The van der Waals surface area contributed by atoms with Crippen molar-refractivity contribution < 1.29 is 9.53 Å². The van der Waals surface area contributed by atoms with Crippen LogP contribution in [0.2, 0.25) is 0 Å². The van der Waals surface area contributed by atoms with Gasteiger partial charge in [-0.25, -0.2) is 0 Å². The van der Waals surface area contributed by atoms with E-state index in [9.17, 15) is 4.79 Å². The van der Waals surface area contributed by atoms with E-state index in [0.717, 1.165) is 23.0 Å². The normalized spacial score (nSPS) is 17.7. The van der Waals surface area contributed by atoms with Gasteiger partial charge in [0.15, 0.2) is 0 Å². The van der Waals surface area contributed by atoms with E-state index in [1.54, 1.807) is 0 Å². The monoisotopic (exact) mass is 424 g/mol. The van der Waals surface area contributed by atoms with Crippen LogP contribution in [0.5, 0.6) is 5.75 Å². The van der Waals surface area contributed by atoms with Gasteiger partial charge in [-0.1, -0.05) is 46.3 Å². The van der Waals surface area contributed by atoms with Gasteiger partial charge in [-0.3, -0.25) is 4.79 Å². The second-order valence-corrected chi connectivity index (χ2v) is 6.95. The lowest BCUT2D eigenvalue weighted by atomic mass is 10.1. The molecule has 1 saturated heterocycles. The topological polar surface area (TPSA) is 55.6 Å². The molecule has 1 aliphatic rings. The van der Waals surface area contributed by atoms with Crippen LogP contribution in [-0.2, 0) is 4.79 Å².